The molecule has 0 spiro atoms. The molecule has 34 heavy (non-hydrogen) atoms. The van der Waals surface area contributed by atoms with E-state index >= 15 is 0 Å². The Balaban J connectivity index is 1.60. The summed E-state index contributed by atoms with van der Waals surface area (Å²) in [7, 11) is -3.40. The van der Waals surface area contributed by atoms with E-state index in [0.29, 0.717) is 6.42 Å². The average Bonchev–Trinajstić information content (AvgIpc) is 3.26. The van der Waals surface area contributed by atoms with E-state index in [4.69, 9.17) is 0 Å². The van der Waals surface area contributed by atoms with Crippen LogP contribution in [0.2, 0.25) is 0 Å². The predicted molar refractivity (Wildman–Crippen MR) is 153 cm³/mol. The molecule has 5 heteroatoms. The van der Waals surface area contributed by atoms with Crippen LogP contribution >= 0.6 is 14.8 Å². The van der Waals surface area contributed by atoms with Crippen molar-refractivity contribution < 1.29 is 9.90 Å². The second-order valence-corrected chi connectivity index (χ2v) is 22.9. The summed E-state index contributed by atoms with van der Waals surface area (Å²) in [5, 5.41) is 9.96. The van der Waals surface area contributed by atoms with Crippen LogP contribution < -0.4 is 0 Å². The summed E-state index contributed by atoms with van der Waals surface area (Å²) < 4.78 is 3.37. The second kappa shape index (κ2) is 11.8. The summed E-state index contributed by atoms with van der Waals surface area (Å²) in [5.41, 5.74) is 3.94. The van der Waals surface area contributed by atoms with Crippen LogP contribution in [0.1, 0.15) is 135 Å². The van der Waals surface area contributed by atoms with Gasteiger partial charge in [0.1, 0.15) is 0 Å². The second-order valence-electron chi connectivity index (χ2n) is 13.1. The number of nitrogens with zero attached hydrogens (tertiary/aromatic N) is 1. The Labute approximate surface area is 211 Å². The van der Waals surface area contributed by atoms with Crippen molar-refractivity contribution in [3.05, 3.63) is 0 Å². The standard InChI is InChI=1S/C29H55NO2P2/c31-29(32)21-22-30-33(25-13-5-1-6-14-25,26-15-7-2-8-16-26)23-24-34(30,27-17-9-3-10-18-27)28-19-11-4-12-20-28/h25-28,33-34H,1-24H2,(H,31,32). The van der Waals surface area contributed by atoms with Crippen LogP contribution in [0.3, 0.4) is 0 Å². The molecule has 0 radical (unpaired) electrons. The zero-order valence-corrected chi connectivity index (χ0v) is 24.1. The molecule has 0 unspecified atom stereocenters. The molecule has 198 valence electrons. The van der Waals surface area contributed by atoms with E-state index in [-0.39, 0.29) is 0 Å². The summed E-state index contributed by atoms with van der Waals surface area (Å²) in [6, 6.07) is 0. The van der Waals surface area contributed by atoms with Crippen molar-refractivity contribution in [2.75, 3.05) is 18.9 Å². The Morgan fingerprint density at radius 1 is 0.559 bits per heavy atom. The van der Waals surface area contributed by atoms with E-state index in [9.17, 15) is 9.90 Å². The van der Waals surface area contributed by atoms with Crippen LogP contribution in [0.25, 0.3) is 0 Å². The Kier molecular flexibility index (Phi) is 8.98. The fraction of sp³-hybridized carbons (Fsp3) is 0.966. The van der Waals surface area contributed by atoms with Crippen molar-refractivity contribution in [3.8, 4) is 0 Å². The van der Waals surface area contributed by atoms with Crippen molar-refractivity contribution in [2.24, 2.45) is 0 Å². The summed E-state index contributed by atoms with van der Waals surface area (Å²) in [5.74, 6) is -0.530. The molecule has 5 fully saturated rings. The van der Waals surface area contributed by atoms with E-state index in [1.807, 2.05) is 0 Å². The third-order valence-electron chi connectivity index (χ3n) is 11.7. The summed E-state index contributed by atoms with van der Waals surface area (Å²) in [4.78, 5) is 12.1. The molecule has 4 saturated carbocycles. The molecule has 1 aliphatic heterocycles. The Morgan fingerprint density at radius 2 is 0.853 bits per heavy atom. The van der Waals surface area contributed by atoms with Crippen LogP contribution in [0.5, 0.6) is 0 Å². The molecule has 0 atom stereocenters. The molecule has 3 nitrogen and oxygen atoms in total. The third-order valence-corrected chi connectivity index (χ3v) is 27.3. The molecule has 0 aromatic heterocycles. The zero-order chi connectivity index (χ0) is 23.4. The Bertz CT molecular complexity index is 577. The SMILES string of the molecule is O=C(O)CCN1[PH](C2CCCCC2)(C2CCCCC2)CC[PH]1(C1CCCCC1)C1CCCCC1. The molecule has 0 aromatic rings. The van der Waals surface area contributed by atoms with Gasteiger partial charge in [0, 0.05) is 0 Å². The molecule has 0 amide bonds. The van der Waals surface area contributed by atoms with Crippen molar-refractivity contribution in [2.45, 2.75) is 157 Å². The van der Waals surface area contributed by atoms with E-state index in [1.54, 1.807) is 12.3 Å². The number of carboxylic acids is 1. The maximum absolute atomic E-state index is 12.1. The van der Waals surface area contributed by atoms with Crippen LogP contribution in [0.4, 0.5) is 0 Å². The van der Waals surface area contributed by atoms with Gasteiger partial charge in [0.2, 0.25) is 0 Å². The van der Waals surface area contributed by atoms with Crippen molar-refractivity contribution in [1.29, 1.82) is 0 Å². The molecular weight excluding hydrogens is 456 g/mol. The van der Waals surface area contributed by atoms with Crippen LogP contribution in [0.15, 0.2) is 0 Å². The number of aliphatic carboxylic acids is 1. The summed E-state index contributed by atoms with van der Waals surface area (Å²) >= 11 is 0. The number of hydrogen-bond acceptors (Lipinski definition) is 2. The molecule has 1 saturated heterocycles. The first-order chi connectivity index (χ1) is 16.7. The topological polar surface area (TPSA) is 40.5 Å². The monoisotopic (exact) mass is 511 g/mol. The fourth-order valence-electron chi connectivity index (χ4n) is 10.5. The van der Waals surface area contributed by atoms with Crippen molar-refractivity contribution in [1.82, 2.24) is 4.44 Å². The van der Waals surface area contributed by atoms with E-state index in [2.05, 4.69) is 4.44 Å². The quantitative estimate of drug-likeness (QED) is 0.349. The Morgan fingerprint density at radius 3 is 1.12 bits per heavy atom. The fourth-order valence-corrected chi connectivity index (χ4v) is 31.6. The van der Waals surface area contributed by atoms with Crippen LogP contribution in [-0.4, -0.2) is 57.0 Å². The van der Waals surface area contributed by atoms with Gasteiger partial charge in [0.05, 0.1) is 0 Å². The van der Waals surface area contributed by atoms with E-state index in [1.165, 1.54) is 128 Å². The van der Waals surface area contributed by atoms with Gasteiger partial charge in [-0.3, -0.25) is 0 Å². The van der Waals surface area contributed by atoms with Gasteiger partial charge in [-0.25, -0.2) is 0 Å². The predicted octanol–water partition coefficient (Wildman–Crippen LogP) is 8.44. The van der Waals surface area contributed by atoms with Gasteiger partial charge in [-0.2, -0.15) is 0 Å². The molecule has 4 aliphatic carbocycles. The van der Waals surface area contributed by atoms with Crippen LogP contribution in [-0.2, 0) is 4.79 Å². The van der Waals surface area contributed by atoms with Gasteiger partial charge in [-0.1, -0.05) is 0 Å². The van der Waals surface area contributed by atoms with Gasteiger partial charge >= 0.3 is 211 Å². The van der Waals surface area contributed by atoms with Gasteiger partial charge in [0.25, 0.3) is 0 Å². The minimum absolute atomic E-state index is 0.419. The Hall–Kier alpha value is 0.290. The summed E-state index contributed by atoms with van der Waals surface area (Å²) in [6.07, 6.45) is 33.0. The first kappa shape index (κ1) is 25.9. The number of carbonyl (C=O) groups is 1. The van der Waals surface area contributed by atoms with E-state index in [0.717, 1.165) is 29.2 Å². The molecule has 5 rings (SSSR count). The number of rotatable bonds is 7. The van der Waals surface area contributed by atoms with Crippen LogP contribution in [0, 0.1) is 0 Å². The molecular formula is C29H55NO2P2. The number of carboxylic acid groups (broad SMARTS) is 1. The normalized spacial score (nSPS) is 32.4. The molecule has 0 aromatic carbocycles. The molecule has 1 heterocycles. The zero-order valence-electron chi connectivity index (χ0n) is 22.1. The summed E-state index contributed by atoms with van der Waals surface area (Å²) in [6.45, 7) is 0.952. The number of hydrogen-bond donors (Lipinski definition) is 1. The minimum atomic E-state index is -1.70. The van der Waals surface area contributed by atoms with Gasteiger partial charge in [-0.05, 0) is 0 Å². The third kappa shape index (κ3) is 4.90. The molecule has 0 bridgehead atoms. The molecule has 1 N–H and O–H groups in total. The van der Waals surface area contributed by atoms with Gasteiger partial charge < -0.3 is 0 Å². The van der Waals surface area contributed by atoms with E-state index < -0.39 is 20.8 Å². The first-order valence-corrected chi connectivity index (χ1v) is 20.3. The molecule has 5 aliphatic rings. The van der Waals surface area contributed by atoms with Gasteiger partial charge in [-0.15, -0.1) is 0 Å². The van der Waals surface area contributed by atoms with Crippen molar-refractivity contribution >= 4 is 20.8 Å². The first-order valence-electron chi connectivity index (χ1n) is 15.7. The van der Waals surface area contributed by atoms with Gasteiger partial charge in [0.15, 0.2) is 0 Å². The average molecular weight is 512 g/mol. The maximum atomic E-state index is 12.1. The van der Waals surface area contributed by atoms with Crippen molar-refractivity contribution in [3.63, 3.8) is 0 Å².